The van der Waals surface area contributed by atoms with Gasteiger partial charge in [-0.15, -0.1) is 0 Å². The Labute approximate surface area is 93.8 Å². The molecule has 0 atom stereocenters. The summed E-state index contributed by atoms with van der Waals surface area (Å²) in [5.74, 6) is -0.294. The topological polar surface area (TPSA) is 29.4 Å². The lowest BCUT2D eigenvalue weighted by Gasteiger charge is -1.92. The summed E-state index contributed by atoms with van der Waals surface area (Å²) in [6.45, 7) is 1.85. The Morgan fingerprint density at radius 3 is 2.56 bits per heavy atom. The second-order valence-corrected chi connectivity index (χ2v) is 3.04. The number of hydrogen-bond acceptors (Lipinski definition) is 2. The van der Waals surface area contributed by atoms with Crippen molar-refractivity contribution in [3.05, 3.63) is 59.6 Å². The van der Waals surface area contributed by atoms with Gasteiger partial charge in [-0.1, -0.05) is 24.3 Å². The molecule has 1 aromatic rings. The van der Waals surface area contributed by atoms with Gasteiger partial charge in [-0.05, 0) is 30.7 Å². The molecule has 3 heteroatoms. The molecule has 0 aromatic heterocycles. The Kier molecular flexibility index (Phi) is 4.86. The molecule has 0 N–H and O–H groups in total. The lowest BCUT2D eigenvalue weighted by molar-refractivity contribution is -0.104. The molecule has 0 saturated carbocycles. The number of rotatable bonds is 4. The maximum atomic E-state index is 12.6. The average molecular weight is 217 g/mol. The van der Waals surface area contributed by atoms with Gasteiger partial charge in [-0.25, -0.2) is 4.39 Å². The van der Waals surface area contributed by atoms with Crippen LogP contribution in [0.1, 0.15) is 12.5 Å². The Balaban J connectivity index is 2.78. The number of halogens is 1. The van der Waals surface area contributed by atoms with E-state index in [0.29, 0.717) is 12.0 Å². The first-order valence-corrected chi connectivity index (χ1v) is 4.84. The smallest absolute Gasteiger partial charge is 0.168 e. The molecule has 16 heavy (non-hydrogen) atoms. The van der Waals surface area contributed by atoms with Crippen molar-refractivity contribution in [3.8, 4) is 0 Å². The van der Waals surface area contributed by atoms with Gasteiger partial charge in [0.25, 0.3) is 0 Å². The van der Waals surface area contributed by atoms with Crippen LogP contribution < -0.4 is 0 Å². The van der Waals surface area contributed by atoms with E-state index < -0.39 is 0 Å². The Bertz CT molecular complexity index is 430. The van der Waals surface area contributed by atoms with E-state index >= 15 is 0 Å². The first kappa shape index (κ1) is 12.0. The molecule has 0 aliphatic heterocycles. The molecular weight excluding hydrogens is 205 g/mol. The van der Waals surface area contributed by atoms with Gasteiger partial charge in [0.15, 0.2) is 6.29 Å². The highest BCUT2D eigenvalue weighted by molar-refractivity contribution is 5.84. The number of hydrogen-bond donors (Lipinski definition) is 0. The van der Waals surface area contributed by atoms with E-state index in [0.717, 1.165) is 5.56 Å². The lowest BCUT2D eigenvalue weighted by atomic mass is 10.2. The predicted octanol–water partition coefficient (Wildman–Crippen LogP) is 2.90. The van der Waals surface area contributed by atoms with Gasteiger partial charge in [0.1, 0.15) is 11.5 Å². The van der Waals surface area contributed by atoms with Gasteiger partial charge in [-0.2, -0.15) is 0 Å². The van der Waals surface area contributed by atoms with Crippen molar-refractivity contribution >= 4 is 12.5 Å². The molecule has 0 heterocycles. The maximum Gasteiger partial charge on any atom is 0.168 e. The van der Waals surface area contributed by atoms with Gasteiger partial charge in [0.2, 0.25) is 0 Å². The van der Waals surface area contributed by atoms with Gasteiger partial charge in [0.05, 0.1) is 0 Å². The monoisotopic (exact) mass is 217 g/mol. The Morgan fingerprint density at radius 2 is 2.00 bits per heavy atom. The fourth-order valence-corrected chi connectivity index (χ4v) is 1.01. The van der Waals surface area contributed by atoms with Crippen molar-refractivity contribution in [3.63, 3.8) is 0 Å². The van der Waals surface area contributed by atoms with Crippen molar-refractivity contribution in [1.82, 2.24) is 0 Å². The van der Waals surface area contributed by atoms with E-state index in [-0.39, 0.29) is 5.82 Å². The van der Waals surface area contributed by atoms with Crippen molar-refractivity contribution < 1.29 is 9.18 Å². The number of benzene rings is 1. The Morgan fingerprint density at radius 1 is 1.31 bits per heavy atom. The summed E-state index contributed by atoms with van der Waals surface area (Å²) >= 11 is 0. The van der Waals surface area contributed by atoms with Crippen LogP contribution in [-0.2, 0) is 4.79 Å². The molecule has 1 rings (SSSR count). The molecule has 1 aromatic carbocycles. The molecule has 0 bridgehead atoms. The quantitative estimate of drug-likeness (QED) is 0.330. The number of nitrogens with zero attached hydrogens (tertiary/aromatic N) is 1. The molecule has 0 spiro atoms. The zero-order valence-electron chi connectivity index (χ0n) is 8.93. The standard InChI is InChI=1S/C13H12FNO/c1-2-3-4-13(10-16)15-9-11-5-7-12(14)8-6-11/h2-10H,1H3/b3-2-,13-4-,15-9?. The summed E-state index contributed by atoms with van der Waals surface area (Å²) in [4.78, 5) is 14.6. The molecular formula is C13H12FNO. The van der Waals surface area contributed by atoms with Crippen LogP contribution in [0.5, 0.6) is 0 Å². The first-order chi connectivity index (χ1) is 7.76. The highest BCUT2D eigenvalue weighted by Crippen LogP contribution is 2.01. The second-order valence-electron chi connectivity index (χ2n) is 3.04. The second kappa shape index (κ2) is 6.45. The molecule has 0 aliphatic carbocycles. The van der Waals surface area contributed by atoms with E-state index in [2.05, 4.69) is 4.99 Å². The van der Waals surface area contributed by atoms with Gasteiger partial charge >= 0.3 is 0 Å². The minimum atomic E-state index is -0.294. The van der Waals surface area contributed by atoms with E-state index in [9.17, 15) is 9.18 Å². The lowest BCUT2D eigenvalue weighted by Crippen LogP contribution is -1.84. The Hall–Kier alpha value is -2.03. The van der Waals surface area contributed by atoms with Crippen LogP contribution in [0.2, 0.25) is 0 Å². The van der Waals surface area contributed by atoms with Crippen LogP contribution in [0.15, 0.2) is 53.2 Å². The summed E-state index contributed by atoms with van der Waals surface area (Å²) in [6.07, 6.45) is 7.32. The predicted molar refractivity (Wildman–Crippen MR) is 63.0 cm³/mol. The van der Waals surface area contributed by atoms with E-state index in [1.165, 1.54) is 18.3 Å². The zero-order chi connectivity index (χ0) is 11.8. The third-order valence-electron chi connectivity index (χ3n) is 1.81. The molecule has 0 aliphatic rings. The van der Waals surface area contributed by atoms with Crippen LogP contribution in [0.4, 0.5) is 4.39 Å². The molecule has 82 valence electrons. The summed E-state index contributed by atoms with van der Waals surface area (Å²) < 4.78 is 12.6. The molecule has 0 radical (unpaired) electrons. The van der Waals surface area contributed by atoms with Crippen molar-refractivity contribution in [1.29, 1.82) is 0 Å². The molecule has 0 amide bonds. The van der Waals surface area contributed by atoms with Crippen LogP contribution >= 0.6 is 0 Å². The number of carbonyl (C=O) groups excluding carboxylic acids is 1. The number of aliphatic imine (C=N–C) groups is 1. The van der Waals surface area contributed by atoms with Crippen molar-refractivity contribution in [2.24, 2.45) is 4.99 Å². The van der Waals surface area contributed by atoms with E-state index in [1.54, 1.807) is 30.4 Å². The number of carbonyl (C=O) groups is 1. The highest BCUT2D eigenvalue weighted by Gasteiger charge is 1.91. The SMILES string of the molecule is C/C=C\C=C(\C=O)N=Cc1ccc(F)cc1. The summed E-state index contributed by atoms with van der Waals surface area (Å²) in [6, 6.07) is 5.88. The van der Waals surface area contributed by atoms with Crippen LogP contribution in [0.25, 0.3) is 0 Å². The minimum absolute atomic E-state index is 0.294. The van der Waals surface area contributed by atoms with Crippen molar-refractivity contribution in [2.45, 2.75) is 6.92 Å². The normalized spacial score (nSPS) is 12.5. The van der Waals surface area contributed by atoms with E-state index in [1.807, 2.05) is 6.92 Å². The number of aldehydes is 1. The molecule has 2 nitrogen and oxygen atoms in total. The summed E-state index contributed by atoms with van der Waals surface area (Å²) in [5, 5.41) is 0. The van der Waals surface area contributed by atoms with Crippen LogP contribution in [-0.4, -0.2) is 12.5 Å². The van der Waals surface area contributed by atoms with Crippen molar-refractivity contribution in [2.75, 3.05) is 0 Å². The van der Waals surface area contributed by atoms with E-state index in [4.69, 9.17) is 0 Å². The average Bonchev–Trinajstić information content (AvgIpc) is 2.32. The molecule has 0 unspecified atom stereocenters. The van der Waals surface area contributed by atoms with Gasteiger partial charge in [0, 0.05) is 6.21 Å². The van der Waals surface area contributed by atoms with Gasteiger partial charge < -0.3 is 0 Å². The molecule has 0 fully saturated rings. The van der Waals surface area contributed by atoms with Crippen LogP contribution in [0.3, 0.4) is 0 Å². The third-order valence-corrected chi connectivity index (χ3v) is 1.81. The molecule has 0 saturated heterocycles. The summed E-state index contributed by atoms with van der Waals surface area (Å²) in [5.41, 5.74) is 1.07. The number of allylic oxidation sites excluding steroid dienone is 4. The summed E-state index contributed by atoms with van der Waals surface area (Å²) in [7, 11) is 0. The fourth-order valence-electron chi connectivity index (χ4n) is 1.01. The fraction of sp³-hybridized carbons (Fsp3) is 0.0769. The van der Waals surface area contributed by atoms with Crippen LogP contribution in [0, 0.1) is 5.82 Å². The maximum absolute atomic E-state index is 12.6. The minimum Gasteiger partial charge on any atom is -0.296 e. The zero-order valence-corrected chi connectivity index (χ0v) is 8.93. The van der Waals surface area contributed by atoms with Gasteiger partial charge in [-0.3, -0.25) is 9.79 Å². The first-order valence-electron chi connectivity index (χ1n) is 4.84. The third kappa shape index (κ3) is 4.00. The largest absolute Gasteiger partial charge is 0.296 e. The highest BCUT2D eigenvalue weighted by atomic mass is 19.1.